The van der Waals surface area contributed by atoms with Crippen LogP contribution in [-0.2, 0) is 17.9 Å². The maximum absolute atomic E-state index is 13.5. The van der Waals surface area contributed by atoms with Crippen LogP contribution in [0.25, 0.3) is 27.4 Å². The molecule has 4 aromatic heterocycles. The van der Waals surface area contributed by atoms with E-state index in [1.54, 1.807) is 31.9 Å². The summed E-state index contributed by atoms with van der Waals surface area (Å²) in [6, 6.07) is 11.0. The highest BCUT2D eigenvalue weighted by Gasteiger charge is 2.28. The fourth-order valence-electron chi connectivity index (χ4n) is 4.85. The molecule has 0 aliphatic carbocycles. The third-order valence-electron chi connectivity index (χ3n) is 7.12. The number of benzene rings is 2. The van der Waals surface area contributed by atoms with Crippen molar-refractivity contribution in [2.75, 3.05) is 26.2 Å². The number of nitrogens with zero attached hydrogens (tertiary/aromatic N) is 5. The summed E-state index contributed by atoms with van der Waals surface area (Å²) in [5.41, 5.74) is 2.00. The number of aromatic nitrogens is 4. The number of fused-ring (bicyclic) bond motifs is 2. The summed E-state index contributed by atoms with van der Waals surface area (Å²) in [4.78, 5) is 26.2. The first kappa shape index (κ1) is 32.1. The Morgan fingerprint density at radius 3 is 2.43 bits per heavy atom. The molecule has 6 aromatic rings. The van der Waals surface area contributed by atoms with Crippen LogP contribution in [0.1, 0.15) is 41.9 Å². The van der Waals surface area contributed by atoms with Crippen molar-refractivity contribution in [3.05, 3.63) is 63.7 Å². The molecule has 0 bridgehead atoms. The number of methoxy groups -OCH3 is 3. The Balaban J connectivity index is 1.29. The number of anilines is 1. The molecule has 1 amide bonds. The molecule has 4 heterocycles. The van der Waals surface area contributed by atoms with E-state index in [2.05, 4.69) is 10.1 Å². The molecule has 6 rings (SSSR count). The summed E-state index contributed by atoms with van der Waals surface area (Å²) < 4.78 is 36.5. The lowest BCUT2D eigenvalue weighted by atomic mass is 10.1. The number of carbonyl (C=O) groups excluding carboxylic acids is 1. The van der Waals surface area contributed by atoms with Gasteiger partial charge in [0, 0.05) is 28.6 Å². The van der Waals surface area contributed by atoms with Crippen molar-refractivity contribution in [1.29, 1.82) is 0 Å². The molecule has 0 saturated carbocycles. The third kappa shape index (κ3) is 6.83. The van der Waals surface area contributed by atoms with E-state index < -0.39 is 11.7 Å². The second kappa shape index (κ2) is 12.8. The highest BCUT2D eigenvalue weighted by atomic mass is 32.1. The van der Waals surface area contributed by atoms with E-state index in [-0.39, 0.29) is 13.2 Å². The number of hydrogen-bond acceptors (Lipinski definition) is 12. The molecule has 12 nitrogen and oxygen atoms in total. The predicted molar refractivity (Wildman–Crippen MR) is 181 cm³/mol. The number of rotatable bonds is 10. The minimum absolute atomic E-state index is 0.141. The number of thiazole rings is 1. The van der Waals surface area contributed by atoms with Gasteiger partial charge in [0.05, 0.1) is 45.2 Å². The van der Waals surface area contributed by atoms with E-state index >= 15 is 0 Å². The van der Waals surface area contributed by atoms with Gasteiger partial charge in [0.15, 0.2) is 10.9 Å². The Labute approximate surface area is 279 Å². The molecule has 0 fully saturated rings. The standard InChI is InChI=1S/C33H35N5O7S2/c1-18-25(35-30(46-18)37(32(39)45-33(3,4)5)15-20-9-10-21(40-6)11-26(20)42-8)17-43-27-12-22(41-7)13-28-23(27)14-29(44-28)24-16-38-31(34-24)47-19(2)36-38/h9-14,16H,15,17H2,1-8H3. The number of furan rings is 1. The average Bonchev–Trinajstić information content (AvgIpc) is 3.79. The Bertz CT molecular complexity index is 2040. The Kier molecular flexibility index (Phi) is 8.72. The molecule has 0 spiro atoms. The summed E-state index contributed by atoms with van der Waals surface area (Å²) in [5.74, 6) is 2.95. The van der Waals surface area contributed by atoms with Gasteiger partial charge < -0.3 is 28.1 Å². The summed E-state index contributed by atoms with van der Waals surface area (Å²) in [6.07, 6.45) is 1.31. The Morgan fingerprint density at radius 2 is 1.72 bits per heavy atom. The van der Waals surface area contributed by atoms with Crippen molar-refractivity contribution < 1.29 is 32.9 Å². The summed E-state index contributed by atoms with van der Waals surface area (Å²) in [5, 5.41) is 6.61. The van der Waals surface area contributed by atoms with Crippen molar-refractivity contribution in [1.82, 2.24) is 19.6 Å². The Morgan fingerprint density at radius 1 is 0.957 bits per heavy atom. The SMILES string of the molecule is COc1ccc(CN(C(=O)OC(C)(C)C)c2nc(COc3cc(OC)cc4oc(-c5cn6nc(C)sc6n5)cc34)c(C)s2)c(OC)c1. The lowest BCUT2D eigenvalue weighted by Gasteiger charge is -2.26. The van der Waals surface area contributed by atoms with Crippen molar-refractivity contribution in [3.8, 4) is 34.5 Å². The zero-order valence-corrected chi connectivity index (χ0v) is 29.0. The lowest BCUT2D eigenvalue weighted by Crippen LogP contribution is -2.36. The number of aryl methyl sites for hydroxylation is 2. The highest BCUT2D eigenvalue weighted by molar-refractivity contribution is 7.16. The van der Waals surface area contributed by atoms with E-state index in [9.17, 15) is 4.79 Å². The normalized spacial score (nSPS) is 11.7. The van der Waals surface area contributed by atoms with Crippen LogP contribution in [0.4, 0.5) is 9.93 Å². The molecule has 47 heavy (non-hydrogen) atoms. The monoisotopic (exact) mass is 677 g/mol. The molecule has 246 valence electrons. The van der Waals surface area contributed by atoms with Crippen LogP contribution in [0.3, 0.4) is 0 Å². The molecule has 14 heteroatoms. The van der Waals surface area contributed by atoms with Crippen molar-refractivity contribution in [3.63, 3.8) is 0 Å². The van der Waals surface area contributed by atoms with Gasteiger partial charge in [0.25, 0.3) is 0 Å². The van der Waals surface area contributed by atoms with Gasteiger partial charge in [-0.15, -0.1) is 11.3 Å². The van der Waals surface area contributed by atoms with Crippen LogP contribution in [0.2, 0.25) is 0 Å². The first-order chi connectivity index (χ1) is 22.4. The second-order valence-electron chi connectivity index (χ2n) is 11.7. The first-order valence-corrected chi connectivity index (χ1v) is 16.3. The van der Waals surface area contributed by atoms with Crippen LogP contribution >= 0.6 is 22.7 Å². The van der Waals surface area contributed by atoms with E-state index in [4.69, 9.17) is 33.1 Å². The van der Waals surface area contributed by atoms with Gasteiger partial charge in [-0.05, 0) is 52.8 Å². The van der Waals surface area contributed by atoms with Crippen LogP contribution in [0.15, 0.2) is 47.0 Å². The van der Waals surface area contributed by atoms with Gasteiger partial charge >= 0.3 is 6.09 Å². The maximum atomic E-state index is 13.5. The van der Waals surface area contributed by atoms with Crippen molar-refractivity contribution in [2.24, 2.45) is 0 Å². The summed E-state index contributed by atoms with van der Waals surface area (Å²) in [6.45, 7) is 9.68. The summed E-state index contributed by atoms with van der Waals surface area (Å²) in [7, 11) is 4.76. The average molecular weight is 678 g/mol. The molecule has 0 N–H and O–H groups in total. The number of ether oxygens (including phenoxy) is 5. The molecule has 0 aliphatic heterocycles. The van der Waals surface area contributed by atoms with Crippen molar-refractivity contribution in [2.45, 2.75) is 53.4 Å². The minimum Gasteiger partial charge on any atom is -0.497 e. The number of amides is 1. The van der Waals surface area contributed by atoms with E-state index in [0.29, 0.717) is 50.9 Å². The molecule has 0 saturated heterocycles. The fraction of sp³-hybridized carbons (Fsp3) is 0.333. The van der Waals surface area contributed by atoms with Crippen molar-refractivity contribution >= 4 is 49.8 Å². The molecule has 0 atom stereocenters. The highest BCUT2D eigenvalue weighted by Crippen LogP contribution is 2.38. The van der Waals surface area contributed by atoms with Gasteiger partial charge in [0.2, 0.25) is 4.96 Å². The zero-order valence-electron chi connectivity index (χ0n) is 27.4. The third-order valence-corrected chi connectivity index (χ3v) is 8.99. The van der Waals surface area contributed by atoms with Crippen LogP contribution in [-0.4, -0.2) is 52.6 Å². The largest absolute Gasteiger partial charge is 0.497 e. The number of hydrogen-bond donors (Lipinski definition) is 0. The maximum Gasteiger partial charge on any atom is 0.416 e. The van der Waals surface area contributed by atoms with Crippen LogP contribution < -0.4 is 23.8 Å². The van der Waals surface area contributed by atoms with E-state index in [1.807, 2.05) is 71.1 Å². The Hall–Kier alpha value is -4.82. The molecule has 0 aliphatic rings. The number of carbonyl (C=O) groups is 1. The minimum atomic E-state index is -0.708. The van der Waals surface area contributed by atoms with Crippen LogP contribution in [0.5, 0.6) is 23.0 Å². The quantitative estimate of drug-likeness (QED) is 0.142. The lowest BCUT2D eigenvalue weighted by molar-refractivity contribution is 0.0577. The molecular weight excluding hydrogens is 643 g/mol. The fourth-order valence-corrected chi connectivity index (χ4v) is 6.48. The second-order valence-corrected chi connectivity index (χ2v) is 14.0. The number of imidazole rings is 1. The topological polar surface area (TPSA) is 123 Å². The molecular formula is C33H35N5O7S2. The van der Waals surface area contributed by atoms with E-state index in [1.165, 1.54) is 27.6 Å². The van der Waals surface area contributed by atoms with Gasteiger partial charge in [0.1, 0.15) is 51.5 Å². The zero-order chi connectivity index (χ0) is 33.5. The first-order valence-electron chi connectivity index (χ1n) is 14.7. The van der Waals surface area contributed by atoms with Gasteiger partial charge in [-0.2, -0.15) is 5.10 Å². The summed E-state index contributed by atoms with van der Waals surface area (Å²) >= 11 is 2.89. The predicted octanol–water partition coefficient (Wildman–Crippen LogP) is 7.82. The van der Waals surface area contributed by atoms with Crippen LogP contribution in [0, 0.1) is 13.8 Å². The van der Waals surface area contributed by atoms with Gasteiger partial charge in [-0.3, -0.25) is 0 Å². The smallest absolute Gasteiger partial charge is 0.416 e. The molecule has 0 radical (unpaired) electrons. The molecule has 0 unspecified atom stereocenters. The van der Waals surface area contributed by atoms with E-state index in [0.717, 1.165) is 25.8 Å². The van der Waals surface area contributed by atoms with Gasteiger partial charge in [-0.25, -0.2) is 24.2 Å². The van der Waals surface area contributed by atoms with Gasteiger partial charge in [-0.1, -0.05) is 11.3 Å². The molecule has 2 aromatic carbocycles.